The fourth-order valence-electron chi connectivity index (χ4n) is 0.707. The van der Waals surface area contributed by atoms with Crippen molar-refractivity contribution in [2.75, 3.05) is 6.61 Å². The Bertz CT molecular complexity index is 303. The van der Waals surface area contributed by atoms with Gasteiger partial charge in [-0.15, -0.1) is 0 Å². The van der Waals surface area contributed by atoms with Gasteiger partial charge in [0, 0.05) is 0 Å². The molecular weight excluding hydrogens is 218 g/mol. The van der Waals surface area contributed by atoms with Crippen molar-refractivity contribution < 1.29 is 35.8 Å². The molecule has 1 saturated heterocycles. The average Bonchev–Trinajstić information content (AvgIpc) is 2.48. The van der Waals surface area contributed by atoms with Crippen LogP contribution in [0.1, 0.15) is 0 Å². The molecule has 80 valence electrons. The molecule has 0 bridgehead atoms. The number of halogens is 6. The molecule has 0 aromatic carbocycles. The second kappa shape index (κ2) is 3.43. The normalized spacial score (nSPS) is 25.4. The molecule has 0 aromatic rings. The third kappa shape index (κ3) is 1.78. The quantitative estimate of drug-likeness (QED) is 0.632. The predicted octanol–water partition coefficient (Wildman–Crippen LogP) is 2.84. The van der Waals surface area contributed by atoms with Crippen LogP contribution in [0.15, 0.2) is 23.9 Å². The highest BCUT2D eigenvalue weighted by molar-refractivity contribution is 5.10. The number of hydrogen-bond donors (Lipinski definition) is 0. The van der Waals surface area contributed by atoms with E-state index < -0.39 is 36.4 Å². The molecular formula is C6H2F6O2. The first-order valence-electron chi connectivity index (χ1n) is 3.14. The minimum atomic E-state index is -3.67. The van der Waals surface area contributed by atoms with Crippen molar-refractivity contribution in [3.8, 4) is 0 Å². The Kier molecular flexibility index (Phi) is 2.63. The summed E-state index contributed by atoms with van der Waals surface area (Å²) >= 11 is 0. The van der Waals surface area contributed by atoms with Gasteiger partial charge < -0.3 is 9.47 Å². The van der Waals surface area contributed by atoms with Crippen molar-refractivity contribution in [2.24, 2.45) is 0 Å². The summed E-state index contributed by atoms with van der Waals surface area (Å²) in [5.74, 6) is -7.84. The fraction of sp³-hybridized carbons (Fsp3) is 0.333. The molecule has 1 fully saturated rings. The molecule has 2 nitrogen and oxygen atoms in total. The first-order chi connectivity index (χ1) is 6.37. The molecule has 14 heavy (non-hydrogen) atoms. The lowest BCUT2D eigenvalue weighted by Crippen LogP contribution is -2.26. The third-order valence-electron chi connectivity index (χ3n) is 1.29. The van der Waals surface area contributed by atoms with Crippen LogP contribution in [-0.4, -0.2) is 12.5 Å². The summed E-state index contributed by atoms with van der Waals surface area (Å²) in [5.41, 5.74) is 0. The Balaban J connectivity index is 2.93. The van der Waals surface area contributed by atoms with Crippen LogP contribution in [0.4, 0.5) is 26.3 Å². The predicted molar refractivity (Wildman–Crippen MR) is 30.5 cm³/mol. The van der Waals surface area contributed by atoms with Crippen molar-refractivity contribution >= 4 is 0 Å². The van der Waals surface area contributed by atoms with Gasteiger partial charge in [0.2, 0.25) is 5.83 Å². The summed E-state index contributed by atoms with van der Waals surface area (Å²) in [7, 11) is 0. The highest BCUT2D eigenvalue weighted by Crippen LogP contribution is 2.38. The lowest BCUT2D eigenvalue weighted by atomic mass is 10.3. The Morgan fingerprint density at radius 3 is 2.07 bits per heavy atom. The largest absolute Gasteiger partial charge is 0.454 e. The van der Waals surface area contributed by atoms with Gasteiger partial charge in [-0.1, -0.05) is 0 Å². The van der Waals surface area contributed by atoms with E-state index in [1.165, 1.54) is 0 Å². The van der Waals surface area contributed by atoms with E-state index in [4.69, 9.17) is 0 Å². The topological polar surface area (TPSA) is 18.5 Å². The molecule has 1 rings (SSSR count). The molecule has 1 heterocycles. The summed E-state index contributed by atoms with van der Waals surface area (Å²) in [5, 5.41) is 0. The first kappa shape index (κ1) is 10.7. The second-order valence-corrected chi connectivity index (χ2v) is 2.24. The van der Waals surface area contributed by atoms with Crippen molar-refractivity contribution in [1.29, 1.82) is 0 Å². The molecule has 1 aliphatic rings. The standard InChI is InChI=1S/C6H2F6O2/c7-2(3(8)9)6(12)1-13-5(14-6)4(10)11/h1H2. The van der Waals surface area contributed by atoms with Crippen molar-refractivity contribution in [3.05, 3.63) is 23.9 Å². The second-order valence-electron chi connectivity index (χ2n) is 2.24. The summed E-state index contributed by atoms with van der Waals surface area (Å²) in [6.07, 6.45) is -5.55. The smallest absolute Gasteiger partial charge is 0.351 e. The minimum absolute atomic E-state index is 1.39. The van der Waals surface area contributed by atoms with Crippen LogP contribution in [0, 0.1) is 0 Å². The van der Waals surface area contributed by atoms with E-state index in [1.54, 1.807) is 0 Å². The molecule has 0 radical (unpaired) electrons. The van der Waals surface area contributed by atoms with Crippen molar-refractivity contribution in [2.45, 2.75) is 5.85 Å². The maximum atomic E-state index is 12.9. The highest BCUT2D eigenvalue weighted by Gasteiger charge is 2.49. The van der Waals surface area contributed by atoms with Crippen molar-refractivity contribution in [1.82, 2.24) is 0 Å². The SMILES string of the molecule is FC(F)=C1OCC(F)(C(F)=C(F)F)O1. The van der Waals surface area contributed by atoms with E-state index in [0.29, 0.717) is 0 Å². The number of rotatable bonds is 1. The van der Waals surface area contributed by atoms with Crippen LogP contribution < -0.4 is 0 Å². The molecule has 0 N–H and O–H groups in total. The molecule has 1 atom stereocenters. The molecule has 1 aliphatic heterocycles. The highest BCUT2D eigenvalue weighted by atomic mass is 19.3. The van der Waals surface area contributed by atoms with Gasteiger partial charge in [0.15, 0.2) is 6.61 Å². The van der Waals surface area contributed by atoms with Gasteiger partial charge in [-0.3, -0.25) is 0 Å². The van der Waals surface area contributed by atoms with Crippen LogP contribution in [0.2, 0.25) is 0 Å². The maximum Gasteiger partial charge on any atom is 0.351 e. The van der Waals surface area contributed by atoms with Gasteiger partial charge in [-0.05, 0) is 0 Å². The molecule has 0 aliphatic carbocycles. The Hall–Kier alpha value is -1.34. The number of alkyl halides is 1. The molecule has 0 spiro atoms. The zero-order chi connectivity index (χ0) is 10.9. The average molecular weight is 220 g/mol. The van der Waals surface area contributed by atoms with E-state index in [2.05, 4.69) is 9.47 Å². The van der Waals surface area contributed by atoms with Gasteiger partial charge in [0.1, 0.15) is 0 Å². The van der Waals surface area contributed by atoms with Gasteiger partial charge in [-0.25, -0.2) is 0 Å². The monoisotopic (exact) mass is 220 g/mol. The van der Waals surface area contributed by atoms with E-state index in [0.717, 1.165) is 0 Å². The first-order valence-corrected chi connectivity index (χ1v) is 3.14. The molecule has 0 saturated carbocycles. The minimum Gasteiger partial charge on any atom is -0.454 e. The number of ether oxygens (including phenoxy) is 2. The van der Waals surface area contributed by atoms with E-state index in [9.17, 15) is 26.3 Å². The zero-order valence-electron chi connectivity index (χ0n) is 6.29. The van der Waals surface area contributed by atoms with Gasteiger partial charge in [0.05, 0.1) is 0 Å². The van der Waals surface area contributed by atoms with E-state index >= 15 is 0 Å². The lowest BCUT2D eigenvalue weighted by molar-refractivity contribution is -0.0631. The zero-order valence-corrected chi connectivity index (χ0v) is 6.29. The number of hydrogen-bond acceptors (Lipinski definition) is 2. The van der Waals surface area contributed by atoms with E-state index in [-0.39, 0.29) is 0 Å². The Morgan fingerprint density at radius 2 is 1.71 bits per heavy atom. The van der Waals surface area contributed by atoms with Crippen LogP contribution in [0.5, 0.6) is 0 Å². The van der Waals surface area contributed by atoms with Gasteiger partial charge in [-0.2, -0.15) is 26.3 Å². The third-order valence-corrected chi connectivity index (χ3v) is 1.29. The summed E-state index contributed by atoms with van der Waals surface area (Å²) in [4.78, 5) is 0. The Labute approximate surface area is 73.4 Å². The summed E-state index contributed by atoms with van der Waals surface area (Å²) in [6.45, 7) is -1.39. The van der Waals surface area contributed by atoms with Gasteiger partial charge >= 0.3 is 24.0 Å². The molecule has 1 unspecified atom stereocenters. The Morgan fingerprint density at radius 1 is 1.14 bits per heavy atom. The van der Waals surface area contributed by atoms with Crippen LogP contribution in [0.25, 0.3) is 0 Å². The molecule has 8 heteroatoms. The molecule has 0 aromatic heterocycles. The molecule has 0 amide bonds. The summed E-state index contributed by atoms with van der Waals surface area (Å²) < 4.78 is 79.2. The lowest BCUT2D eigenvalue weighted by Gasteiger charge is -2.11. The van der Waals surface area contributed by atoms with Crippen LogP contribution in [0.3, 0.4) is 0 Å². The van der Waals surface area contributed by atoms with E-state index in [1.807, 2.05) is 0 Å². The van der Waals surface area contributed by atoms with Gasteiger partial charge in [0.25, 0.3) is 0 Å². The van der Waals surface area contributed by atoms with Crippen LogP contribution >= 0.6 is 0 Å². The fourth-order valence-corrected chi connectivity index (χ4v) is 0.707. The summed E-state index contributed by atoms with van der Waals surface area (Å²) in [6, 6.07) is 0. The maximum absolute atomic E-state index is 12.9. The van der Waals surface area contributed by atoms with Crippen LogP contribution in [-0.2, 0) is 9.47 Å². The van der Waals surface area contributed by atoms with Crippen molar-refractivity contribution in [3.63, 3.8) is 0 Å².